The van der Waals surface area contributed by atoms with E-state index >= 15 is 0 Å². The molecule has 13 heavy (non-hydrogen) atoms. The molecule has 0 atom stereocenters. The van der Waals surface area contributed by atoms with Crippen molar-refractivity contribution >= 4 is 5.71 Å². The van der Waals surface area contributed by atoms with Crippen LogP contribution in [0.15, 0.2) is 29.4 Å². The van der Waals surface area contributed by atoms with Gasteiger partial charge in [0.25, 0.3) is 0 Å². The lowest BCUT2D eigenvalue weighted by Crippen LogP contribution is -1.92. The lowest BCUT2D eigenvalue weighted by atomic mass is 10.1. The van der Waals surface area contributed by atoms with Gasteiger partial charge in [0.2, 0.25) is 0 Å². The van der Waals surface area contributed by atoms with Gasteiger partial charge in [-0.1, -0.05) is 43.3 Å². The van der Waals surface area contributed by atoms with E-state index in [4.69, 9.17) is 5.21 Å². The SMILES string of the molecule is CC.O/N=C1/CCc2ccccc21. The van der Waals surface area contributed by atoms with Gasteiger partial charge in [-0.15, -0.1) is 0 Å². The Morgan fingerprint density at radius 2 is 1.85 bits per heavy atom. The summed E-state index contributed by atoms with van der Waals surface area (Å²) in [7, 11) is 0. The summed E-state index contributed by atoms with van der Waals surface area (Å²) in [5.74, 6) is 0. The van der Waals surface area contributed by atoms with Crippen molar-refractivity contribution in [3.8, 4) is 0 Å². The molecule has 0 aromatic heterocycles. The van der Waals surface area contributed by atoms with Crippen molar-refractivity contribution in [2.24, 2.45) is 5.16 Å². The van der Waals surface area contributed by atoms with Crippen molar-refractivity contribution in [2.75, 3.05) is 0 Å². The summed E-state index contributed by atoms with van der Waals surface area (Å²) >= 11 is 0. The second-order valence-electron chi connectivity index (χ2n) is 2.70. The van der Waals surface area contributed by atoms with E-state index in [0.29, 0.717) is 0 Å². The predicted octanol–water partition coefficient (Wildman–Crippen LogP) is 2.84. The molecule has 1 aromatic carbocycles. The number of aryl methyl sites for hydroxylation is 1. The monoisotopic (exact) mass is 177 g/mol. The molecule has 0 saturated heterocycles. The normalized spacial score (nSPS) is 16.3. The molecule has 0 bridgehead atoms. The van der Waals surface area contributed by atoms with Gasteiger partial charge in [-0.05, 0) is 18.4 Å². The molecule has 0 fully saturated rings. The van der Waals surface area contributed by atoms with Crippen LogP contribution in [0, 0.1) is 0 Å². The van der Waals surface area contributed by atoms with Gasteiger partial charge in [-0.3, -0.25) is 0 Å². The largest absolute Gasteiger partial charge is 0.411 e. The van der Waals surface area contributed by atoms with Gasteiger partial charge < -0.3 is 5.21 Å². The minimum absolute atomic E-state index is 0.820. The van der Waals surface area contributed by atoms with Crippen molar-refractivity contribution in [2.45, 2.75) is 26.7 Å². The molecular weight excluding hydrogens is 162 g/mol. The number of hydrogen-bond acceptors (Lipinski definition) is 2. The maximum Gasteiger partial charge on any atom is 0.0873 e. The van der Waals surface area contributed by atoms with E-state index < -0.39 is 0 Å². The van der Waals surface area contributed by atoms with Crippen LogP contribution in [0.1, 0.15) is 31.4 Å². The van der Waals surface area contributed by atoms with Crippen molar-refractivity contribution in [3.63, 3.8) is 0 Å². The molecule has 0 unspecified atom stereocenters. The number of benzene rings is 1. The van der Waals surface area contributed by atoms with E-state index in [1.165, 1.54) is 5.56 Å². The van der Waals surface area contributed by atoms with Gasteiger partial charge in [0, 0.05) is 5.56 Å². The van der Waals surface area contributed by atoms with Crippen LogP contribution in [0.4, 0.5) is 0 Å². The molecule has 1 aromatic rings. The molecule has 1 aliphatic rings. The zero-order valence-electron chi connectivity index (χ0n) is 8.12. The number of fused-ring (bicyclic) bond motifs is 1. The van der Waals surface area contributed by atoms with Crippen LogP contribution in [0.2, 0.25) is 0 Å². The molecule has 1 aliphatic carbocycles. The van der Waals surface area contributed by atoms with E-state index in [9.17, 15) is 0 Å². The van der Waals surface area contributed by atoms with Crippen LogP contribution in [-0.4, -0.2) is 10.9 Å². The molecule has 2 nitrogen and oxygen atoms in total. The first-order valence-corrected chi connectivity index (χ1v) is 4.71. The molecule has 0 aliphatic heterocycles. The molecule has 1 N–H and O–H groups in total. The van der Waals surface area contributed by atoms with Crippen LogP contribution >= 0.6 is 0 Å². The Labute approximate surface area is 78.9 Å². The molecule has 2 rings (SSSR count). The molecule has 70 valence electrons. The maximum atomic E-state index is 8.60. The first kappa shape index (κ1) is 9.78. The number of nitrogens with zero attached hydrogens (tertiary/aromatic N) is 1. The van der Waals surface area contributed by atoms with Gasteiger partial charge in [-0.25, -0.2) is 0 Å². The average Bonchev–Trinajstić information content (AvgIpc) is 2.64. The van der Waals surface area contributed by atoms with Crippen LogP contribution < -0.4 is 0 Å². The highest BCUT2D eigenvalue weighted by Gasteiger charge is 2.16. The summed E-state index contributed by atoms with van der Waals surface area (Å²) in [5, 5.41) is 11.8. The maximum absolute atomic E-state index is 8.60. The third-order valence-electron chi connectivity index (χ3n) is 2.08. The number of hydrogen-bond donors (Lipinski definition) is 1. The van der Waals surface area contributed by atoms with Gasteiger partial charge in [0.15, 0.2) is 0 Å². The fourth-order valence-corrected chi connectivity index (χ4v) is 1.51. The summed E-state index contributed by atoms with van der Waals surface area (Å²) in [6.45, 7) is 4.00. The molecule has 0 radical (unpaired) electrons. The van der Waals surface area contributed by atoms with Crippen LogP contribution in [-0.2, 0) is 6.42 Å². The van der Waals surface area contributed by atoms with Crippen molar-refractivity contribution in [1.82, 2.24) is 0 Å². The Morgan fingerprint density at radius 1 is 1.15 bits per heavy atom. The molecule has 0 heterocycles. The predicted molar refractivity (Wildman–Crippen MR) is 54.4 cm³/mol. The van der Waals surface area contributed by atoms with E-state index in [1.807, 2.05) is 32.0 Å². The Morgan fingerprint density at radius 3 is 2.54 bits per heavy atom. The first-order chi connectivity index (χ1) is 6.42. The lowest BCUT2D eigenvalue weighted by molar-refractivity contribution is 0.318. The Balaban J connectivity index is 0.000000396. The van der Waals surface area contributed by atoms with Crippen molar-refractivity contribution in [3.05, 3.63) is 35.4 Å². The van der Waals surface area contributed by atoms with Crippen LogP contribution in [0.3, 0.4) is 0 Å². The van der Waals surface area contributed by atoms with Gasteiger partial charge in [-0.2, -0.15) is 0 Å². The smallest absolute Gasteiger partial charge is 0.0873 e. The Kier molecular flexibility index (Phi) is 3.50. The molecule has 0 saturated carbocycles. The van der Waals surface area contributed by atoms with Crippen molar-refractivity contribution < 1.29 is 5.21 Å². The average molecular weight is 177 g/mol. The van der Waals surface area contributed by atoms with E-state index in [0.717, 1.165) is 24.1 Å². The van der Waals surface area contributed by atoms with E-state index in [-0.39, 0.29) is 0 Å². The van der Waals surface area contributed by atoms with E-state index in [1.54, 1.807) is 0 Å². The fourth-order valence-electron chi connectivity index (χ4n) is 1.51. The minimum atomic E-state index is 0.820. The minimum Gasteiger partial charge on any atom is -0.411 e. The second-order valence-corrected chi connectivity index (χ2v) is 2.70. The summed E-state index contributed by atoms with van der Waals surface area (Å²) in [4.78, 5) is 0. The highest BCUT2D eigenvalue weighted by atomic mass is 16.4. The van der Waals surface area contributed by atoms with Gasteiger partial charge in [0.05, 0.1) is 5.71 Å². The zero-order chi connectivity index (χ0) is 9.68. The molecule has 2 heteroatoms. The molecular formula is C11H15NO. The van der Waals surface area contributed by atoms with Gasteiger partial charge >= 0.3 is 0 Å². The third kappa shape index (κ3) is 1.89. The fraction of sp³-hybridized carbons (Fsp3) is 0.364. The summed E-state index contributed by atoms with van der Waals surface area (Å²) in [5.41, 5.74) is 3.22. The number of rotatable bonds is 0. The number of oxime groups is 1. The van der Waals surface area contributed by atoms with Crippen molar-refractivity contribution in [1.29, 1.82) is 0 Å². The summed E-state index contributed by atoms with van der Waals surface area (Å²) in [6, 6.07) is 8.05. The quantitative estimate of drug-likeness (QED) is 0.479. The van der Waals surface area contributed by atoms with Crippen LogP contribution in [0.5, 0.6) is 0 Å². The zero-order valence-corrected chi connectivity index (χ0v) is 8.12. The van der Waals surface area contributed by atoms with Crippen LogP contribution in [0.25, 0.3) is 0 Å². The molecule has 0 amide bonds. The first-order valence-electron chi connectivity index (χ1n) is 4.71. The summed E-state index contributed by atoms with van der Waals surface area (Å²) < 4.78 is 0. The topological polar surface area (TPSA) is 32.6 Å². The standard InChI is InChI=1S/C9H9NO.C2H6/c11-10-9-6-5-7-3-1-2-4-8(7)9;1-2/h1-4,11H,5-6H2;1-2H3/b10-9-;. The highest BCUT2D eigenvalue weighted by molar-refractivity contribution is 6.04. The molecule has 0 spiro atoms. The third-order valence-corrected chi connectivity index (χ3v) is 2.08. The summed E-state index contributed by atoms with van der Waals surface area (Å²) in [6.07, 6.45) is 1.88. The highest BCUT2D eigenvalue weighted by Crippen LogP contribution is 2.21. The van der Waals surface area contributed by atoms with E-state index in [2.05, 4.69) is 11.2 Å². The van der Waals surface area contributed by atoms with Gasteiger partial charge in [0.1, 0.15) is 0 Å². The second kappa shape index (κ2) is 4.65. The Hall–Kier alpha value is -1.31. The lowest BCUT2D eigenvalue weighted by Gasteiger charge is -1.94. The Bertz CT molecular complexity index is 305.